The van der Waals surface area contributed by atoms with Gasteiger partial charge in [0, 0.05) is 6.20 Å². The summed E-state index contributed by atoms with van der Waals surface area (Å²) in [6, 6.07) is 10.6. The zero-order valence-electron chi connectivity index (χ0n) is 17.5. The Labute approximate surface area is 190 Å². The van der Waals surface area contributed by atoms with Crippen molar-refractivity contribution in [2.45, 2.75) is 31.1 Å². The molecule has 8 nitrogen and oxygen atoms in total. The first-order chi connectivity index (χ1) is 15.0. The summed E-state index contributed by atoms with van der Waals surface area (Å²) >= 11 is 6.19. The number of hydrogen-bond acceptors (Lipinski definition) is 6. The molecule has 0 bridgehead atoms. The monoisotopic (exact) mass is 470 g/mol. The van der Waals surface area contributed by atoms with Crippen molar-refractivity contribution >= 4 is 44.9 Å². The summed E-state index contributed by atoms with van der Waals surface area (Å²) in [7, 11) is -4.03. The lowest BCUT2D eigenvalue weighted by Crippen LogP contribution is -2.30. The number of anilines is 2. The number of amides is 2. The zero-order chi connectivity index (χ0) is 23.3. The van der Waals surface area contributed by atoms with Gasteiger partial charge in [-0.15, -0.1) is 0 Å². The fourth-order valence-electron chi connectivity index (χ4n) is 3.37. The van der Waals surface area contributed by atoms with Crippen LogP contribution in [0.25, 0.3) is 0 Å². The van der Waals surface area contributed by atoms with Crippen molar-refractivity contribution in [3.63, 3.8) is 0 Å². The first-order valence-corrected chi connectivity index (χ1v) is 11.5. The van der Waals surface area contributed by atoms with Gasteiger partial charge in [-0.1, -0.05) is 44.5 Å². The summed E-state index contributed by atoms with van der Waals surface area (Å²) in [5.74, 6) is -1.36. The molecule has 4 rings (SSSR count). The third-order valence-electron chi connectivity index (χ3n) is 5.06. The number of fused-ring (bicyclic) bond motifs is 1. The molecular weight excluding hydrogens is 452 g/mol. The number of carbonyl (C=O) groups is 2. The molecule has 2 amide bonds. The standard InChI is InChI=1S/C22H19ClN4O4S/c1-22(2,3)13-4-6-14(7-5-13)32(30,31)26-16-9-8-15(23)18-19(16)21(29)27(20(18)28)17-10-11-24-12-25-17/h4-12,26H,1-3H3. The highest BCUT2D eigenvalue weighted by atomic mass is 35.5. The van der Waals surface area contributed by atoms with Crippen molar-refractivity contribution in [3.8, 4) is 0 Å². The third kappa shape index (κ3) is 3.74. The Morgan fingerprint density at radius 1 is 0.938 bits per heavy atom. The van der Waals surface area contributed by atoms with Crippen LogP contribution < -0.4 is 9.62 Å². The Hall–Kier alpha value is -3.30. The second-order valence-corrected chi connectivity index (χ2v) is 10.3. The van der Waals surface area contributed by atoms with Gasteiger partial charge in [-0.05, 0) is 41.3 Å². The SMILES string of the molecule is CC(C)(C)c1ccc(S(=O)(=O)Nc2ccc(Cl)c3c2C(=O)N(c2ccncn2)C3=O)cc1. The van der Waals surface area contributed by atoms with Gasteiger partial charge in [0.25, 0.3) is 21.8 Å². The quantitative estimate of drug-likeness (QED) is 0.576. The molecule has 1 N–H and O–H groups in total. The number of carbonyl (C=O) groups excluding carboxylic acids is 2. The summed E-state index contributed by atoms with van der Waals surface area (Å²) in [4.78, 5) is 34.6. The van der Waals surface area contributed by atoms with Crippen LogP contribution in [0, 0.1) is 0 Å². The van der Waals surface area contributed by atoms with Crippen LogP contribution >= 0.6 is 11.6 Å². The van der Waals surface area contributed by atoms with Crippen molar-refractivity contribution in [2.24, 2.45) is 0 Å². The molecule has 32 heavy (non-hydrogen) atoms. The maximum Gasteiger partial charge on any atom is 0.269 e. The topological polar surface area (TPSA) is 109 Å². The van der Waals surface area contributed by atoms with Gasteiger partial charge in [0.1, 0.15) is 12.1 Å². The molecule has 0 saturated heterocycles. The second kappa shape index (κ2) is 7.68. The van der Waals surface area contributed by atoms with Gasteiger partial charge < -0.3 is 0 Å². The van der Waals surface area contributed by atoms with Gasteiger partial charge >= 0.3 is 0 Å². The van der Waals surface area contributed by atoms with E-state index in [0.29, 0.717) is 0 Å². The van der Waals surface area contributed by atoms with Crippen molar-refractivity contribution in [2.75, 3.05) is 9.62 Å². The fraction of sp³-hybridized carbons (Fsp3) is 0.182. The first-order valence-electron chi connectivity index (χ1n) is 9.61. The number of hydrogen-bond donors (Lipinski definition) is 1. The van der Waals surface area contributed by atoms with Crippen LogP contribution in [0.3, 0.4) is 0 Å². The average Bonchev–Trinajstić information content (AvgIpc) is 3.01. The van der Waals surface area contributed by atoms with E-state index in [4.69, 9.17) is 11.6 Å². The highest BCUT2D eigenvalue weighted by Crippen LogP contribution is 2.37. The average molecular weight is 471 g/mol. The van der Waals surface area contributed by atoms with Crippen molar-refractivity contribution < 1.29 is 18.0 Å². The van der Waals surface area contributed by atoms with E-state index >= 15 is 0 Å². The molecule has 0 saturated carbocycles. The maximum absolute atomic E-state index is 13.1. The van der Waals surface area contributed by atoms with E-state index in [0.717, 1.165) is 10.5 Å². The Morgan fingerprint density at radius 3 is 2.19 bits per heavy atom. The number of rotatable bonds is 4. The molecular formula is C22H19ClN4O4S. The van der Waals surface area contributed by atoms with Crippen molar-refractivity contribution in [3.05, 3.63) is 76.7 Å². The number of imide groups is 1. The Balaban J connectivity index is 1.74. The second-order valence-electron chi connectivity index (χ2n) is 8.24. The molecule has 2 aromatic carbocycles. The summed E-state index contributed by atoms with van der Waals surface area (Å²) in [5, 5.41) is 0.0346. The van der Waals surface area contributed by atoms with E-state index < -0.39 is 21.8 Å². The van der Waals surface area contributed by atoms with Gasteiger partial charge in [0.15, 0.2) is 0 Å². The predicted molar refractivity (Wildman–Crippen MR) is 121 cm³/mol. The number of nitrogens with one attached hydrogen (secondary N) is 1. The van der Waals surface area contributed by atoms with E-state index in [-0.39, 0.29) is 38.0 Å². The van der Waals surface area contributed by atoms with E-state index in [1.54, 1.807) is 12.1 Å². The summed E-state index contributed by atoms with van der Waals surface area (Å²) in [5.41, 5.74) is 0.586. The minimum absolute atomic E-state index is 0.0265. The highest BCUT2D eigenvalue weighted by Gasteiger charge is 2.41. The van der Waals surface area contributed by atoms with Crippen LogP contribution in [0.5, 0.6) is 0 Å². The van der Waals surface area contributed by atoms with Gasteiger partial charge in [-0.3, -0.25) is 14.3 Å². The fourth-order valence-corrected chi connectivity index (χ4v) is 4.68. The summed E-state index contributed by atoms with van der Waals surface area (Å²) in [6.07, 6.45) is 2.59. The normalized spacial score (nSPS) is 13.9. The minimum atomic E-state index is -4.03. The Kier molecular flexibility index (Phi) is 5.26. The molecule has 0 radical (unpaired) electrons. The van der Waals surface area contributed by atoms with Gasteiger partial charge in [-0.2, -0.15) is 0 Å². The van der Waals surface area contributed by atoms with E-state index in [2.05, 4.69) is 14.7 Å². The van der Waals surface area contributed by atoms with E-state index in [9.17, 15) is 18.0 Å². The van der Waals surface area contributed by atoms with Gasteiger partial charge in [0.2, 0.25) is 0 Å². The number of halogens is 1. The molecule has 164 valence electrons. The van der Waals surface area contributed by atoms with Gasteiger partial charge in [-0.25, -0.2) is 23.3 Å². The summed E-state index contributed by atoms with van der Waals surface area (Å²) < 4.78 is 28.4. The van der Waals surface area contributed by atoms with Crippen molar-refractivity contribution in [1.29, 1.82) is 0 Å². The van der Waals surface area contributed by atoms with Crippen LogP contribution in [0.1, 0.15) is 47.1 Å². The minimum Gasteiger partial charge on any atom is -0.279 e. The molecule has 0 fully saturated rings. The molecule has 2 heterocycles. The third-order valence-corrected chi connectivity index (χ3v) is 6.76. The molecule has 1 aliphatic heterocycles. The first kappa shape index (κ1) is 21.9. The predicted octanol–water partition coefficient (Wildman–Crippen LogP) is 4.03. The summed E-state index contributed by atoms with van der Waals surface area (Å²) in [6.45, 7) is 6.08. The molecule has 0 spiro atoms. The largest absolute Gasteiger partial charge is 0.279 e. The molecule has 0 aliphatic carbocycles. The van der Waals surface area contributed by atoms with E-state index in [1.165, 1.54) is 42.9 Å². The molecule has 1 aliphatic rings. The zero-order valence-corrected chi connectivity index (χ0v) is 19.0. The molecule has 0 atom stereocenters. The van der Waals surface area contributed by atoms with Crippen LogP contribution in [0.2, 0.25) is 5.02 Å². The number of sulfonamides is 1. The lowest BCUT2D eigenvalue weighted by atomic mass is 9.87. The number of benzene rings is 2. The smallest absolute Gasteiger partial charge is 0.269 e. The molecule has 1 aromatic heterocycles. The lowest BCUT2D eigenvalue weighted by molar-refractivity contribution is 0.0925. The molecule has 10 heteroatoms. The highest BCUT2D eigenvalue weighted by molar-refractivity contribution is 7.92. The Bertz CT molecular complexity index is 1330. The van der Waals surface area contributed by atoms with Crippen molar-refractivity contribution in [1.82, 2.24) is 9.97 Å². The lowest BCUT2D eigenvalue weighted by Gasteiger charge is -2.19. The van der Waals surface area contributed by atoms with Crippen LogP contribution in [-0.4, -0.2) is 30.2 Å². The maximum atomic E-state index is 13.1. The number of aromatic nitrogens is 2. The van der Waals surface area contributed by atoms with Crippen LogP contribution in [-0.2, 0) is 15.4 Å². The van der Waals surface area contributed by atoms with Crippen LogP contribution in [0.4, 0.5) is 11.5 Å². The number of nitrogens with zero attached hydrogens (tertiary/aromatic N) is 3. The Morgan fingerprint density at radius 2 is 1.59 bits per heavy atom. The van der Waals surface area contributed by atoms with Crippen LogP contribution in [0.15, 0.2) is 59.9 Å². The molecule has 0 unspecified atom stereocenters. The van der Waals surface area contributed by atoms with Gasteiger partial charge in [0.05, 0.1) is 26.7 Å². The van der Waals surface area contributed by atoms with E-state index in [1.807, 2.05) is 20.8 Å². The molecule has 3 aromatic rings.